The van der Waals surface area contributed by atoms with Crippen LogP contribution in [0.1, 0.15) is 54.4 Å². The Morgan fingerprint density at radius 2 is 1.80 bits per heavy atom. The van der Waals surface area contributed by atoms with E-state index in [4.69, 9.17) is 0 Å². The average Bonchev–Trinajstić information content (AvgIpc) is 2.46. The largest absolute Gasteiger partial charge is 0.306 e. The molecule has 0 saturated heterocycles. The van der Waals surface area contributed by atoms with Gasteiger partial charge in [0, 0.05) is 25.1 Å². The monoisotopic (exact) mass is 273 g/mol. The molecule has 1 fully saturated rings. The summed E-state index contributed by atoms with van der Waals surface area (Å²) in [5.74, 6) is 1.11. The summed E-state index contributed by atoms with van der Waals surface area (Å²) in [5.41, 5.74) is 2.05. The van der Waals surface area contributed by atoms with Crippen LogP contribution in [0.15, 0.2) is 24.3 Å². The molecule has 0 bridgehead atoms. The molecule has 0 heterocycles. The van der Waals surface area contributed by atoms with Gasteiger partial charge in [0.1, 0.15) is 0 Å². The number of nitrogens with zero attached hydrogens (tertiary/aromatic N) is 1. The summed E-state index contributed by atoms with van der Waals surface area (Å²) in [5, 5.41) is 0. The Labute approximate surface area is 123 Å². The van der Waals surface area contributed by atoms with Crippen LogP contribution in [0.2, 0.25) is 0 Å². The molecule has 1 aliphatic carbocycles. The van der Waals surface area contributed by atoms with E-state index in [-0.39, 0.29) is 5.78 Å². The second-order valence-electron chi connectivity index (χ2n) is 6.31. The molecule has 110 valence electrons. The van der Waals surface area contributed by atoms with Crippen molar-refractivity contribution in [2.45, 2.75) is 45.4 Å². The highest BCUT2D eigenvalue weighted by atomic mass is 16.1. The van der Waals surface area contributed by atoms with E-state index in [1.54, 1.807) is 0 Å². The van der Waals surface area contributed by atoms with Crippen LogP contribution in [-0.4, -0.2) is 30.8 Å². The number of carbonyl (C=O) groups excluding carboxylic acids is 1. The van der Waals surface area contributed by atoms with E-state index >= 15 is 0 Å². The van der Waals surface area contributed by atoms with Gasteiger partial charge in [-0.3, -0.25) is 4.79 Å². The van der Waals surface area contributed by atoms with E-state index in [2.05, 4.69) is 11.9 Å². The number of hydrogen-bond acceptors (Lipinski definition) is 2. The van der Waals surface area contributed by atoms with Gasteiger partial charge >= 0.3 is 0 Å². The minimum Gasteiger partial charge on any atom is -0.306 e. The van der Waals surface area contributed by atoms with Gasteiger partial charge in [-0.25, -0.2) is 0 Å². The maximum atomic E-state index is 12.1. The third-order valence-corrected chi connectivity index (χ3v) is 4.39. The fraction of sp³-hybridized carbons (Fsp3) is 0.611. The maximum absolute atomic E-state index is 12.1. The molecule has 2 heteroatoms. The predicted octanol–water partition coefficient (Wildman–Crippen LogP) is 4.08. The average molecular weight is 273 g/mol. The smallest absolute Gasteiger partial charge is 0.164 e. The van der Waals surface area contributed by atoms with Crippen molar-refractivity contribution in [3.05, 3.63) is 35.4 Å². The minimum atomic E-state index is 0.264. The van der Waals surface area contributed by atoms with Crippen molar-refractivity contribution in [1.82, 2.24) is 4.90 Å². The topological polar surface area (TPSA) is 20.3 Å². The van der Waals surface area contributed by atoms with E-state index in [9.17, 15) is 4.79 Å². The Bertz CT molecular complexity index is 418. The van der Waals surface area contributed by atoms with E-state index < -0.39 is 0 Å². The summed E-state index contributed by atoms with van der Waals surface area (Å²) in [6, 6.07) is 7.91. The summed E-state index contributed by atoms with van der Waals surface area (Å²) in [7, 11) is 2.15. The summed E-state index contributed by atoms with van der Waals surface area (Å²) in [6.07, 6.45) is 7.56. The van der Waals surface area contributed by atoms with Gasteiger partial charge in [-0.15, -0.1) is 0 Å². The standard InChI is InChI=1S/C18H27NO/c1-15-8-10-17(11-9-15)18(20)12-13-19(2)14-16-6-4-3-5-7-16/h8-11,16H,3-7,12-14H2,1-2H3. The lowest BCUT2D eigenvalue weighted by atomic mass is 9.89. The van der Waals surface area contributed by atoms with Gasteiger partial charge in [0.25, 0.3) is 0 Å². The Balaban J connectivity index is 1.73. The molecule has 0 unspecified atom stereocenters. The van der Waals surface area contributed by atoms with Crippen LogP contribution in [0.3, 0.4) is 0 Å². The first-order valence-corrected chi connectivity index (χ1v) is 7.93. The normalized spacial score (nSPS) is 16.6. The Hall–Kier alpha value is -1.15. The predicted molar refractivity (Wildman–Crippen MR) is 84.2 cm³/mol. The lowest BCUT2D eigenvalue weighted by molar-refractivity contribution is 0.0964. The zero-order valence-corrected chi connectivity index (χ0v) is 12.9. The number of hydrogen-bond donors (Lipinski definition) is 0. The lowest BCUT2D eigenvalue weighted by Gasteiger charge is -2.26. The number of Topliss-reactive ketones (excluding diaryl/α,β-unsaturated/α-hetero) is 1. The van der Waals surface area contributed by atoms with Crippen LogP contribution >= 0.6 is 0 Å². The van der Waals surface area contributed by atoms with Gasteiger partial charge in [-0.1, -0.05) is 49.1 Å². The van der Waals surface area contributed by atoms with Crippen LogP contribution < -0.4 is 0 Å². The van der Waals surface area contributed by atoms with Crippen molar-refractivity contribution < 1.29 is 4.79 Å². The van der Waals surface area contributed by atoms with Gasteiger partial charge in [0.2, 0.25) is 0 Å². The number of rotatable bonds is 6. The molecule has 2 nitrogen and oxygen atoms in total. The van der Waals surface area contributed by atoms with Crippen LogP contribution in [0.25, 0.3) is 0 Å². The highest BCUT2D eigenvalue weighted by molar-refractivity contribution is 5.96. The van der Waals surface area contributed by atoms with Gasteiger partial charge < -0.3 is 4.90 Å². The van der Waals surface area contributed by atoms with Gasteiger partial charge in [0.05, 0.1) is 0 Å². The van der Waals surface area contributed by atoms with Gasteiger partial charge in [-0.05, 0) is 32.7 Å². The van der Waals surface area contributed by atoms with Gasteiger partial charge in [0.15, 0.2) is 5.78 Å². The first-order chi connectivity index (χ1) is 9.65. The molecule has 0 aliphatic heterocycles. The molecule has 0 amide bonds. The Kier molecular flexibility index (Phi) is 5.78. The van der Waals surface area contributed by atoms with Crippen molar-refractivity contribution in [2.24, 2.45) is 5.92 Å². The minimum absolute atomic E-state index is 0.264. The molecule has 2 rings (SSSR count). The van der Waals surface area contributed by atoms with Crippen molar-refractivity contribution in [3.63, 3.8) is 0 Å². The third-order valence-electron chi connectivity index (χ3n) is 4.39. The zero-order chi connectivity index (χ0) is 14.4. The lowest BCUT2D eigenvalue weighted by Crippen LogP contribution is -2.29. The van der Waals surface area contributed by atoms with Crippen molar-refractivity contribution in [2.75, 3.05) is 20.1 Å². The molecular weight excluding hydrogens is 246 g/mol. The van der Waals surface area contributed by atoms with E-state index in [0.29, 0.717) is 6.42 Å². The fourth-order valence-corrected chi connectivity index (χ4v) is 3.08. The number of ketones is 1. The summed E-state index contributed by atoms with van der Waals surface area (Å²) < 4.78 is 0. The fourth-order valence-electron chi connectivity index (χ4n) is 3.08. The van der Waals surface area contributed by atoms with Crippen LogP contribution in [0, 0.1) is 12.8 Å². The van der Waals surface area contributed by atoms with E-state index in [1.165, 1.54) is 37.7 Å². The summed E-state index contributed by atoms with van der Waals surface area (Å²) in [6.45, 7) is 4.08. The number of benzene rings is 1. The van der Waals surface area contributed by atoms with Crippen molar-refractivity contribution in [1.29, 1.82) is 0 Å². The molecule has 1 aliphatic rings. The zero-order valence-electron chi connectivity index (χ0n) is 12.9. The van der Waals surface area contributed by atoms with Crippen LogP contribution in [0.4, 0.5) is 0 Å². The van der Waals surface area contributed by atoms with Crippen molar-refractivity contribution in [3.8, 4) is 0 Å². The number of carbonyl (C=O) groups is 1. The summed E-state index contributed by atoms with van der Waals surface area (Å²) in [4.78, 5) is 14.5. The molecule has 0 N–H and O–H groups in total. The molecule has 1 saturated carbocycles. The quantitative estimate of drug-likeness (QED) is 0.728. The second kappa shape index (κ2) is 7.58. The van der Waals surface area contributed by atoms with Crippen LogP contribution in [-0.2, 0) is 0 Å². The highest BCUT2D eigenvalue weighted by Gasteiger charge is 2.16. The maximum Gasteiger partial charge on any atom is 0.164 e. The highest BCUT2D eigenvalue weighted by Crippen LogP contribution is 2.24. The molecule has 0 spiro atoms. The molecule has 0 aromatic heterocycles. The Morgan fingerprint density at radius 3 is 2.45 bits per heavy atom. The molecule has 20 heavy (non-hydrogen) atoms. The molecule has 0 radical (unpaired) electrons. The van der Waals surface area contributed by atoms with Crippen LogP contribution in [0.5, 0.6) is 0 Å². The third kappa shape index (κ3) is 4.75. The summed E-state index contributed by atoms with van der Waals surface area (Å²) >= 11 is 0. The molecule has 0 atom stereocenters. The molecular formula is C18H27NO. The van der Waals surface area contributed by atoms with Gasteiger partial charge in [-0.2, -0.15) is 0 Å². The van der Waals surface area contributed by atoms with E-state index in [1.807, 2.05) is 31.2 Å². The first kappa shape index (κ1) is 15.2. The molecule has 1 aromatic carbocycles. The SMILES string of the molecule is Cc1ccc(C(=O)CCN(C)CC2CCCCC2)cc1. The van der Waals surface area contributed by atoms with Crippen molar-refractivity contribution >= 4 is 5.78 Å². The first-order valence-electron chi connectivity index (χ1n) is 7.93. The number of aryl methyl sites for hydroxylation is 1. The Morgan fingerprint density at radius 1 is 1.15 bits per heavy atom. The second-order valence-corrected chi connectivity index (χ2v) is 6.31. The molecule has 1 aromatic rings. The van der Waals surface area contributed by atoms with E-state index in [0.717, 1.165) is 24.6 Å².